The third-order valence-electron chi connectivity index (χ3n) is 4.79. The number of carboxylic acids is 1. The second kappa shape index (κ2) is 8.24. The zero-order valence-electron chi connectivity index (χ0n) is 15.0. The number of ether oxygens (including phenoxy) is 2. The molecule has 1 aliphatic rings. The van der Waals surface area contributed by atoms with E-state index in [0.717, 1.165) is 5.56 Å². The molecule has 0 unspecified atom stereocenters. The topological polar surface area (TPSA) is 76.1 Å². The summed E-state index contributed by atoms with van der Waals surface area (Å²) < 4.78 is 35.2. The number of hydrogen-bond acceptors (Lipinski definition) is 4. The molecule has 0 bridgehead atoms. The van der Waals surface area contributed by atoms with Crippen molar-refractivity contribution in [3.8, 4) is 11.5 Å². The monoisotopic (exact) mass is 391 g/mol. The molecule has 1 N–H and O–H groups in total. The smallest absolute Gasteiger partial charge is 0.387 e. The first-order valence-corrected chi connectivity index (χ1v) is 8.61. The number of alkyl halides is 2. The lowest BCUT2D eigenvalue weighted by molar-refractivity contribution is -0.141. The number of aliphatic carboxylic acids is 1. The summed E-state index contributed by atoms with van der Waals surface area (Å²) in [5.41, 5.74) is 0.706. The van der Waals surface area contributed by atoms with Crippen molar-refractivity contribution < 1.29 is 33.0 Å². The molecular formula is C20H19F2NO5. The molecule has 2 atom stereocenters. The van der Waals surface area contributed by atoms with Gasteiger partial charge in [0, 0.05) is 19.0 Å². The van der Waals surface area contributed by atoms with Crippen LogP contribution in [0.2, 0.25) is 0 Å². The number of carbonyl (C=O) groups is 2. The summed E-state index contributed by atoms with van der Waals surface area (Å²) >= 11 is 0. The van der Waals surface area contributed by atoms with Gasteiger partial charge in [-0.05, 0) is 17.7 Å². The summed E-state index contributed by atoms with van der Waals surface area (Å²) in [4.78, 5) is 26.1. The van der Waals surface area contributed by atoms with E-state index < -0.39 is 30.3 Å². The van der Waals surface area contributed by atoms with Crippen LogP contribution in [-0.2, 0) is 4.79 Å². The molecule has 0 spiro atoms. The number of carboxylic acid groups (broad SMARTS) is 1. The standard InChI is InChI=1S/C20H19F2NO5/c1-27-16-9-5-8-13(17(16)28-20(21)22)18(24)23-10-14(15(11-23)19(25)26)12-6-3-2-4-7-12/h2-9,14-15,20H,10-11H2,1H3,(H,25,26)/t14-,15-/m0/s1. The molecule has 0 aromatic heterocycles. The molecule has 0 radical (unpaired) electrons. The van der Waals surface area contributed by atoms with Crippen molar-refractivity contribution in [1.82, 2.24) is 4.90 Å². The van der Waals surface area contributed by atoms with Crippen LogP contribution < -0.4 is 9.47 Å². The second-order valence-corrected chi connectivity index (χ2v) is 6.39. The fraction of sp³-hybridized carbons (Fsp3) is 0.300. The van der Waals surface area contributed by atoms with Gasteiger partial charge in [0.05, 0.1) is 18.6 Å². The number of hydrogen-bond donors (Lipinski definition) is 1. The molecule has 28 heavy (non-hydrogen) atoms. The first-order chi connectivity index (χ1) is 13.4. The first kappa shape index (κ1) is 19.6. The number of halogens is 2. The van der Waals surface area contributed by atoms with Crippen LogP contribution in [0, 0.1) is 5.92 Å². The van der Waals surface area contributed by atoms with E-state index >= 15 is 0 Å². The van der Waals surface area contributed by atoms with E-state index in [1.165, 1.54) is 30.2 Å². The Morgan fingerprint density at radius 3 is 2.43 bits per heavy atom. The van der Waals surface area contributed by atoms with Crippen LogP contribution in [-0.4, -0.2) is 48.7 Å². The Hall–Kier alpha value is -3.16. The third kappa shape index (κ3) is 3.90. The molecular weight excluding hydrogens is 372 g/mol. The third-order valence-corrected chi connectivity index (χ3v) is 4.79. The van der Waals surface area contributed by atoms with E-state index in [-0.39, 0.29) is 30.2 Å². The Morgan fingerprint density at radius 1 is 1.11 bits per heavy atom. The number of para-hydroxylation sites is 1. The van der Waals surface area contributed by atoms with E-state index in [1.807, 2.05) is 18.2 Å². The van der Waals surface area contributed by atoms with Gasteiger partial charge in [-0.3, -0.25) is 9.59 Å². The summed E-state index contributed by atoms with van der Waals surface area (Å²) in [7, 11) is 1.28. The molecule has 0 aliphatic carbocycles. The lowest BCUT2D eigenvalue weighted by Gasteiger charge is -2.20. The van der Waals surface area contributed by atoms with Gasteiger partial charge in [-0.1, -0.05) is 36.4 Å². The van der Waals surface area contributed by atoms with Gasteiger partial charge in [0.1, 0.15) is 0 Å². The van der Waals surface area contributed by atoms with E-state index in [0.29, 0.717) is 0 Å². The van der Waals surface area contributed by atoms with E-state index in [4.69, 9.17) is 4.74 Å². The Bertz CT molecular complexity index is 859. The van der Waals surface area contributed by atoms with Crippen molar-refractivity contribution in [3.05, 3.63) is 59.7 Å². The van der Waals surface area contributed by atoms with Gasteiger partial charge < -0.3 is 19.5 Å². The molecule has 3 rings (SSSR count). The molecule has 1 saturated heterocycles. The molecule has 2 aromatic carbocycles. The summed E-state index contributed by atoms with van der Waals surface area (Å²) in [5, 5.41) is 9.59. The van der Waals surface area contributed by atoms with Gasteiger partial charge in [0.15, 0.2) is 11.5 Å². The zero-order valence-corrected chi connectivity index (χ0v) is 15.0. The molecule has 1 heterocycles. The fourth-order valence-electron chi connectivity index (χ4n) is 3.48. The quantitative estimate of drug-likeness (QED) is 0.818. The molecule has 1 amide bonds. The Kier molecular flexibility index (Phi) is 5.77. The molecule has 148 valence electrons. The average Bonchev–Trinajstić information content (AvgIpc) is 3.14. The molecule has 1 aliphatic heterocycles. The molecule has 2 aromatic rings. The van der Waals surface area contributed by atoms with Crippen molar-refractivity contribution in [2.75, 3.05) is 20.2 Å². The summed E-state index contributed by atoms with van der Waals surface area (Å²) in [6.45, 7) is -3.00. The van der Waals surface area contributed by atoms with Crippen LogP contribution in [0.25, 0.3) is 0 Å². The van der Waals surface area contributed by atoms with Crippen molar-refractivity contribution in [3.63, 3.8) is 0 Å². The Labute approximate surface area is 160 Å². The summed E-state index contributed by atoms with van der Waals surface area (Å²) in [5.74, 6) is -3.15. The zero-order chi connectivity index (χ0) is 20.3. The van der Waals surface area contributed by atoms with Gasteiger partial charge in [-0.15, -0.1) is 0 Å². The van der Waals surface area contributed by atoms with E-state index in [2.05, 4.69) is 4.74 Å². The highest BCUT2D eigenvalue weighted by Gasteiger charge is 2.41. The lowest BCUT2D eigenvalue weighted by Crippen LogP contribution is -2.30. The molecule has 0 saturated carbocycles. The number of benzene rings is 2. The van der Waals surface area contributed by atoms with Crippen LogP contribution in [0.1, 0.15) is 21.8 Å². The Balaban J connectivity index is 1.92. The average molecular weight is 391 g/mol. The fourth-order valence-corrected chi connectivity index (χ4v) is 3.48. The largest absolute Gasteiger partial charge is 0.493 e. The van der Waals surface area contributed by atoms with Crippen molar-refractivity contribution in [2.45, 2.75) is 12.5 Å². The second-order valence-electron chi connectivity index (χ2n) is 6.39. The maximum atomic E-state index is 13.0. The van der Waals surface area contributed by atoms with Crippen LogP contribution in [0.3, 0.4) is 0 Å². The highest BCUT2D eigenvalue weighted by molar-refractivity contribution is 5.98. The predicted molar refractivity (Wildman–Crippen MR) is 95.8 cm³/mol. The number of likely N-dealkylation sites (tertiary alicyclic amines) is 1. The molecule has 8 heteroatoms. The predicted octanol–water partition coefficient (Wildman–Crippen LogP) is 3.24. The van der Waals surface area contributed by atoms with Crippen molar-refractivity contribution in [2.24, 2.45) is 5.92 Å². The van der Waals surface area contributed by atoms with E-state index in [1.54, 1.807) is 12.1 Å². The highest BCUT2D eigenvalue weighted by Crippen LogP contribution is 2.37. The minimum absolute atomic E-state index is 0.000240. The minimum Gasteiger partial charge on any atom is -0.493 e. The highest BCUT2D eigenvalue weighted by atomic mass is 19.3. The van der Waals surface area contributed by atoms with Crippen molar-refractivity contribution in [1.29, 1.82) is 0 Å². The summed E-state index contributed by atoms with van der Waals surface area (Å²) in [6.07, 6.45) is 0. The normalized spacial score (nSPS) is 18.9. The number of nitrogens with zero attached hydrogens (tertiary/aromatic N) is 1. The molecule has 1 fully saturated rings. The number of amides is 1. The van der Waals surface area contributed by atoms with E-state index in [9.17, 15) is 23.5 Å². The van der Waals surface area contributed by atoms with Crippen molar-refractivity contribution >= 4 is 11.9 Å². The Morgan fingerprint density at radius 2 is 1.82 bits per heavy atom. The molecule has 6 nitrogen and oxygen atoms in total. The van der Waals surface area contributed by atoms with Crippen LogP contribution in [0.5, 0.6) is 11.5 Å². The van der Waals surface area contributed by atoms with Crippen LogP contribution in [0.4, 0.5) is 8.78 Å². The van der Waals surface area contributed by atoms with Gasteiger partial charge in [-0.25, -0.2) is 0 Å². The van der Waals surface area contributed by atoms with Crippen LogP contribution >= 0.6 is 0 Å². The van der Waals surface area contributed by atoms with Gasteiger partial charge >= 0.3 is 12.6 Å². The number of carbonyl (C=O) groups excluding carboxylic acids is 1. The van der Waals surface area contributed by atoms with Crippen LogP contribution in [0.15, 0.2) is 48.5 Å². The SMILES string of the molecule is COc1cccc(C(=O)N2C[C@H](C(=O)O)[C@H](c3ccccc3)C2)c1OC(F)F. The maximum absolute atomic E-state index is 13.0. The first-order valence-electron chi connectivity index (χ1n) is 8.61. The number of rotatable bonds is 6. The minimum atomic E-state index is -3.13. The lowest BCUT2D eigenvalue weighted by atomic mass is 9.89. The van der Waals surface area contributed by atoms with Gasteiger partial charge in [-0.2, -0.15) is 8.78 Å². The van der Waals surface area contributed by atoms with Gasteiger partial charge in [0.25, 0.3) is 5.91 Å². The number of methoxy groups -OCH3 is 1. The maximum Gasteiger partial charge on any atom is 0.387 e. The summed E-state index contributed by atoms with van der Waals surface area (Å²) in [6, 6.07) is 13.3. The van der Waals surface area contributed by atoms with Gasteiger partial charge in [0.2, 0.25) is 0 Å².